The minimum Gasteiger partial charge on any atom is -0.348 e. The molecule has 2 heteroatoms. The van der Waals surface area contributed by atoms with Gasteiger partial charge in [-0.05, 0) is 65.9 Å². The van der Waals surface area contributed by atoms with Gasteiger partial charge in [0.2, 0.25) is 0 Å². The fourth-order valence-electron chi connectivity index (χ4n) is 5.95. The van der Waals surface area contributed by atoms with E-state index in [0.717, 1.165) is 12.8 Å². The Kier molecular flexibility index (Phi) is 5.86. The first-order valence-electron chi connectivity index (χ1n) is 13.6. The van der Waals surface area contributed by atoms with Gasteiger partial charge in [0.05, 0.1) is 11.0 Å². The minimum atomic E-state index is 1.01. The van der Waals surface area contributed by atoms with Crippen LogP contribution < -0.4 is 4.90 Å². The first-order valence-corrected chi connectivity index (χ1v) is 13.6. The standard InChI is InChI=1S/C37H30N2/c1-38(30-15-6-3-7-16-30)31-24-22-28(23-25-31)33-19-11-20-35-34-18-8-9-21-36(34)39(37(33)35)32-17-10-14-29(26-32)27-12-4-2-5-13-27/h2-22,24,26H,23,25H2,1H3. The van der Waals surface area contributed by atoms with Crippen molar-refractivity contribution in [1.82, 2.24) is 4.57 Å². The van der Waals surface area contributed by atoms with Crippen LogP contribution in [0.4, 0.5) is 5.69 Å². The second-order valence-electron chi connectivity index (χ2n) is 10.2. The molecule has 0 bridgehead atoms. The van der Waals surface area contributed by atoms with Crippen LogP contribution in [0.5, 0.6) is 0 Å². The van der Waals surface area contributed by atoms with Crippen molar-refractivity contribution in [2.75, 3.05) is 11.9 Å². The van der Waals surface area contributed by atoms with Gasteiger partial charge < -0.3 is 9.47 Å². The average molecular weight is 503 g/mol. The summed E-state index contributed by atoms with van der Waals surface area (Å²) in [4.78, 5) is 2.31. The van der Waals surface area contributed by atoms with E-state index >= 15 is 0 Å². The van der Waals surface area contributed by atoms with Gasteiger partial charge in [-0.3, -0.25) is 0 Å². The molecule has 2 nitrogen and oxygen atoms in total. The molecule has 6 aromatic rings. The average Bonchev–Trinajstić information content (AvgIpc) is 3.36. The molecule has 0 saturated heterocycles. The fourth-order valence-corrected chi connectivity index (χ4v) is 5.95. The molecule has 0 spiro atoms. The van der Waals surface area contributed by atoms with Crippen molar-refractivity contribution in [1.29, 1.82) is 0 Å². The highest BCUT2D eigenvalue weighted by Crippen LogP contribution is 2.39. The Morgan fingerprint density at radius 2 is 1.28 bits per heavy atom. The molecule has 1 aliphatic carbocycles. The topological polar surface area (TPSA) is 8.17 Å². The first-order chi connectivity index (χ1) is 19.3. The summed E-state index contributed by atoms with van der Waals surface area (Å²) in [5, 5.41) is 2.58. The molecule has 0 radical (unpaired) electrons. The van der Waals surface area contributed by atoms with Crippen molar-refractivity contribution < 1.29 is 0 Å². The third kappa shape index (κ3) is 4.15. The maximum Gasteiger partial charge on any atom is 0.0616 e. The number of benzene rings is 5. The molecule has 0 aliphatic heterocycles. The molecular weight excluding hydrogens is 472 g/mol. The van der Waals surface area contributed by atoms with Gasteiger partial charge in [0.25, 0.3) is 0 Å². The summed E-state index contributed by atoms with van der Waals surface area (Å²) < 4.78 is 2.46. The quantitative estimate of drug-likeness (QED) is 0.228. The van der Waals surface area contributed by atoms with Crippen molar-refractivity contribution in [2.24, 2.45) is 0 Å². The third-order valence-electron chi connectivity index (χ3n) is 7.95. The number of para-hydroxylation sites is 3. The molecule has 1 heterocycles. The lowest BCUT2D eigenvalue weighted by atomic mass is 9.93. The summed E-state index contributed by atoms with van der Waals surface area (Å²) in [6, 6.07) is 45.7. The molecule has 0 fully saturated rings. The van der Waals surface area contributed by atoms with Crippen LogP contribution >= 0.6 is 0 Å². The zero-order valence-corrected chi connectivity index (χ0v) is 22.1. The Labute approximate surface area is 229 Å². The normalized spacial score (nSPS) is 13.4. The summed E-state index contributed by atoms with van der Waals surface area (Å²) >= 11 is 0. The number of allylic oxidation sites excluding steroid dienone is 4. The van der Waals surface area contributed by atoms with E-state index in [4.69, 9.17) is 0 Å². The number of hydrogen-bond acceptors (Lipinski definition) is 1. The molecule has 0 N–H and O–H groups in total. The van der Waals surface area contributed by atoms with Gasteiger partial charge in [-0.2, -0.15) is 0 Å². The predicted molar refractivity (Wildman–Crippen MR) is 166 cm³/mol. The highest BCUT2D eigenvalue weighted by molar-refractivity contribution is 6.12. The molecule has 0 amide bonds. The summed E-state index contributed by atoms with van der Waals surface area (Å²) in [7, 11) is 2.16. The van der Waals surface area contributed by atoms with Gasteiger partial charge in [-0.25, -0.2) is 0 Å². The summed E-state index contributed by atoms with van der Waals surface area (Å²) in [5.74, 6) is 0. The van der Waals surface area contributed by atoms with Crippen molar-refractivity contribution >= 4 is 33.1 Å². The zero-order valence-electron chi connectivity index (χ0n) is 22.1. The van der Waals surface area contributed by atoms with Crippen LogP contribution in [-0.2, 0) is 0 Å². The lowest BCUT2D eigenvalue weighted by Crippen LogP contribution is -2.17. The molecule has 39 heavy (non-hydrogen) atoms. The zero-order chi connectivity index (χ0) is 26.2. The van der Waals surface area contributed by atoms with Crippen LogP contribution in [0.3, 0.4) is 0 Å². The number of aromatic nitrogens is 1. The van der Waals surface area contributed by atoms with E-state index in [1.807, 2.05) is 0 Å². The smallest absolute Gasteiger partial charge is 0.0616 e. The third-order valence-corrected chi connectivity index (χ3v) is 7.95. The van der Waals surface area contributed by atoms with Gasteiger partial charge in [0, 0.05) is 40.5 Å². The van der Waals surface area contributed by atoms with Gasteiger partial charge in [-0.1, -0.05) is 103 Å². The van der Waals surface area contributed by atoms with Crippen molar-refractivity contribution in [2.45, 2.75) is 12.8 Å². The van der Waals surface area contributed by atoms with E-state index in [1.54, 1.807) is 0 Å². The molecule has 188 valence electrons. The molecule has 5 aromatic carbocycles. The minimum absolute atomic E-state index is 1.01. The molecular formula is C37H30N2. The monoisotopic (exact) mass is 502 g/mol. The second kappa shape index (κ2) is 9.81. The number of rotatable bonds is 5. The summed E-state index contributed by atoms with van der Waals surface area (Å²) in [6.45, 7) is 0. The molecule has 0 atom stereocenters. The van der Waals surface area contributed by atoms with Crippen molar-refractivity contribution in [3.8, 4) is 16.8 Å². The van der Waals surface area contributed by atoms with Crippen molar-refractivity contribution in [3.63, 3.8) is 0 Å². The highest BCUT2D eigenvalue weighted by Gasteiger charge is 2.19. The van der Waals surface area contributed by atoms with Gasteiger partial charge in [0.15, 0.2) is 0 Å². The SMILES string of the molecule is CN(C1=CC=C(c2cccc3c4ccccc4n(-c4cccc(-c5ccccc5)c4)c23)CC1)c1ccccc1. The molecule has 1 aromatic heterocycles. The number of nitrogens with zero attached hydrogens (tertiary/aromatic N) is 2. The maximum atomic E-state index is 2.46. The van der Waals surface area contributed by atoms with Crippen LogP contribution in [0.15, 0.2) is 145 Å². The maximum absolute atomic E-state index is 2.46. The lowest BCUT2D eigenvalue weighted by Gasteiger charge is -2.26. The van der Waals surface area contributed by atoms with E-state index in [-0.39, 0.29) is 0 Å². The van der Waals surface area contributed by atoms with Crippen molar-refractivity contribution in [3.05, 3.63) is 151 Å². The molecule has 7 rings (SSSR count). The molecule has 0 unspecified atom stereocenters. The number of anilines is 1. The Morgan fingerprint density at radius 1 is 0.590 bits per heavy atom. The lowest BCUT2D eigenvalue weighted by molar-refractivity contribution is 0.907. The van der Waals surface area contributed by atoms with E-state index in [2.05, 4.69) is 156 Å². The first kappa shape index (κ1) is 23.3. The van der Waals surface area contributed by atoms with Crippen LogP contribution in [0.2, 0.25) is 0 Å². The van der Waals surface area contributed by atoms with Gasteiger partial charge in [-0.15, -0.1) is 0 Å². The summed E-state index contributed by atoms with van der Waals surface area (Å²) in [5.41, 5.74) is 11.4. The molecule has 0 saturated carbocycles. The van der Waals surface area contributed by atoms with E-state index < -0.39 is 0 Å². The van der Waals surface area contributed by atoms with Crippen LogP contribution in [0, 0.1) is 0 Å². The Morgan fingerprint density at radius 3 is 2.08 bits per heavy atom. The predicted octanol–water partition coefficient (Wildman–Crippen LogP) is 9.65. The van der Waals surface area contributed by atoms with Crippen LogP contribution in [0.1, 0.15) is 18.4 Å². The van der Waals surface area contributed by atoms with Crippen LogP contribution in [-0.4, -0.2) is 11.6 Å². The Bertz CT molecular complexity index is 1860. The Hall–Kier alpha value is -4.82. The van der Waals surface area contributed by atoms with Gasteiger partial charge in [0.1, 0.15) is 0 Å². The largest absolute Gasteiger partial charge is 0.348 e. The number of fused-ring (bicyclic) bond motifs is 3. The van der Waals surface area contributed by atoms with Crippen LogP contribution in [0.25, 0.3) is 44.2 Å². The highest BCUT2D eigenvalue weighted by atomic mass is 15.1. The fraction of sp³-hybridized carbons (Fsp3) is 0.0811. The summed E-state index contributed by atoms with van der Waals surface area (Å²) in [6.07, 6.45) is 6.65. The van der Waals surface area contributed by atoms with E-state index in [9.17, 15) is 0 Å². The Balaban J connectivity index is 1.39. The molecule has 1 aliphatic rings. The second-order valence-corrected chi connectivity index (χ2v) is 10.2. The van der Waals surface area contributed by atoms with Gasteiger partial charge >= 0.3 is 0 Å². The van der Waals surface area contributed by atoms with E-state index in [1.165, 1.54) is 61.1 Å². The van der Waals surface area contributed by atoms with E-state index in [0.29, 0.717) is 0 Å². The number of hydrogen-bond donors (Lipinski definition) is 0.